The number of para-hydroxylation sites is 1. The molecule has 1 N–H and O–H groups in total. The molecule has 0 fully saturated rings. The SMILES string of the molecule is CNC(=O)c1c(-c2ccc(F)cc2)oc2cc(N(C)S(C)(=O)=O)c(-c3cc4c(c(-c5nc6c(F)cccc6o5)c3)OCO4)cc12. The molecule has 4 aromatic carbocycles. The molecular weight excluding hydrogens is 608 g/mol. The smallest absolute Gasteiger partial charge is 0.255 e. The highest BCUT2D eigenvalue weighted by atomic mass is 32.2. The van der Waals surface area contributed by atoms with E-state index in [4.69, 9.17) is 18.3 Å². The number of fused-ring (bicyclic) bond motifs is 3. The van der Waals surface area contributed by atoms with E-state index in [1.165, 1.54) is 56.6 Å². The maximum absolute atomic E-state index is 14.5. The first kappa shape index (κ1) is 28.3. The van der Waals surface area contributed by atoms with Crippen LogP contribution in [0.3, 0.4) is 0 Å². The van der Waals surface area contributed by atoms with E-state index >= 15 is 0 Å². The van der Waals surface area contributed by atoms with Crippen molar-refractivity contribution in [2.45, 2.75) is 0 Å². The Balaban J connectivity index is 1.52. The summed E-state index contributed by atoms with van der Waals surface area (Å²) in [5.74, 6) is -0.616. The number of benzene rings is 4. The first-order valence-electron chi connectivity index (χ1n) is 13.6. The number of halogens is 2. The molecule has 2 aromatic heterocycles. The molecule has 228 valence electrons. The minimum Gasteiger partial charge on any atom is -0.455 e. The standard InChI is InChI=1S/C32H23F2N3O7S/c1-35-31(38)27-20-13-19(23(37(2)45(3,39)40)14-25(20)43-29(27)16-7-9-18(33)10-8-16)17-11-21(30-26(12-17)41-15-42-30)32-36-28-22(34)5-4-6-24(28)44-32/h4-14H,15H2,1-3H3,(H,35,38). The zero-order valence-corrected chi connectivity index (χ0v) is 24.8. The fraction of sp³-hybridized carbons (Fsp3) is 0.125. The van der Waals surface area contributed by atoms with Crippen molar-refractivity contribution in [3.63, 3.8) is 0 Å². The van der Waals surface area contributed by atoms with Crippen molar-refractivity contribution in [3.05, 3.63) is 83.9 Å². The van der Waals surface area contributed by atoms with Crippen LogP contribution in [0.4, 0.5) is 14.5 Å². The van der Waals surface area contributed by atoms with Gasteiger partial charge in [-0.3, -0.25) is 9.10 Å². The number of nitrogens with one attached hydrogen (secondary N) is 1. The van der Waals surface area contributed by atoms with E-state index in [9.17, 15) is 22.0 Å². The second-order valence-corrected chi connectivity index (χ2v) is 12.4. The maximum Gasteiger partial charge on any atom is 0.255 e. The minimum atomic E-state index is -3.79. The van der Waals surface area contributed by atoms with Crippen molar-refractivity contribution in [1.82, 2.24) is 10.3 Å². The average molecular weight is 632 g/mol. The predicted octanol–water partition coefficient (Wildman–Crippen LogP) is 6.34. The predicted molar refractivity (Wildman–Crippen MR) is 163 cm³/mol. The molecule has 7 rings (SSSR count). The van der Waals surface area contributed by atoms with E-state index in [0.717, 1.165) is 10.6 Å². The van der Waals surface area contributed by atoms with Crippen molar-refractivity contribution < 1.29 is 40.3 Å². The van der Waals surface area contributed by atoms with Gasteiger partial charge in [-0.2, -0.15) is 0 Å². The van der Waals surface area contributed by atoms with Gasteiger partial charge in [0.15, 0.2) is 22.9 Å². The molecule has 0 radical (unpaired) electrons. The van der Waals surface area contributed by atoms with Crippen LogP contribution in [-0.4, -0.2) is 46.5 Å². The van der Waals surface area contributed by atoms with Crippen molar-refractivity contribution in [3.8, 4) is 45.4 Å². The van der Waals surface area contributed by atoms with Crippen LogP contribution < -0.4 is 19.1 Å². The summed E-state index contributed by atoms with van der Waals surface area (Å²) in [6, 6.07) is 16.3. The third-order valence-electron chi connectivity index (χ3n) is 7.59. The van der Waals surface area contributed by atoms with E-state index < -0.39 is 27.6 Å². The Morgan fingerprint density at radius 2 is 1.71 bits per heavy atom. The van der Waals surface area contributed by atoms with E-state index in [2.05, 4.69) is 10.3 Å². The lowest BCUT2D eigenvalue weighted by Crippen LogP contribution is -2.25. The molecule has 0 aliphatic carbocycles. The molecule has 0 bridgehead atoms. The van der Waals surface area contributed by atoms with Gasteiger partial charge in [-0.1, -0.05) is 6.07 Å². The van der Waals surface area contributed by atoms with Crippen molar-refractivity contribution in [2.24, 2.45) is 0 Å². The van der Waals surface area contributed by atoms with Crippen LogP contribution in [-0.2, 0) is 10.0 Å². The number of amides is 1. The van der Waals surface area contributed by atoms with Crippen LogP contribution in [0.25, 0.3) is 56.0 Å². The van der Waals surface area contributed by atoms with Crippen molar-refractivity contribution >= 4 is 43.7 Å². The number of oxazole rings is 1. The molecule has 0 atom stereocenters. The summed E-state index contributed by atoms with van der Waals surface area (Å²) in [7, 11) is -0.932. The van der Waals surface area contributed by atoms with Crippen LogP contribution in [0, 0.1) is 11.6 Å². The van der Waals surface area contributed by atoms with Crippen LogP contribution >= 0.6 is 0 Å². The maximum atomic E-state index is 14.5. The fourth-order valence-electron chi connectivity index (χ4n) is 5.31. The van der Waals surface area contributed by atoms with Gasteiger partial charge < -0.3 is 23.6 Å². The molecule has 13 heteroatoms. The number of furan rings is 1. The van der Waals surface area contributed by atoms with Gasteiger partial charge in [-0.25, -0.2) is 22.2 Å². The minimum absolute atomic E-state index is 0.0337. The molecule has 45 heavy (non-hydrogen) atoms. The molecule has 6 aromatic rings. The summed E-state index contributed by atoms with van der Waals surface area (Å²) < 4.78 is 78.5. The zero-order chi connectivity index (χ0) is 31.6. The lowest BCUT2D eigenvalue weighted by molar-refractivity contribution is 0.0964. The first-order valence-corrected chi connectivity index (χ1v) is 15.4. The van der Waals surface area contributed by atoms with Gasteiger partial charge in [-0.15, -0.1) is 0 Å². The van der Waals surface area contributed by atoms with Gasteiger partial charge in [0.1, 0.15) is 22.7 Å². The lowest BCUT2D eigenvalue weighted by atomic mass is 9.96. The van der Waals surface area contributed by atoms with E-state index in [0.29, 0.717) is 39.1 Å². The Hall–Kier alpha value is -5.43. The summed E-state index contributed by atoms with van der Waals surface area (Å²) in [6.07, 6.45) is 1.06. The Morgan fingerprint density at radius 1 is 0.933 bits per heavy atom. The Kier molecular flexibility index (Phi) is 6.51. The molecule has 0 spiro atoms. The number of aromatic nitrogens is 1. The molecule has 0 saturated carbocycles. The number of hydrogen-bond acceptors (Lipinski definition) is 8. The molecule has 1 aliphatic heterocycles. The van der Waals surface area contributed by atoms with E-state index in [1.807, 2.05) is 0 Å². The average Bonchev–Trinajstić information content (AvgIpc) is 3.76. The van der Waals surface area contributed by atoms with Crippen molar-refractivity contribution in [1.29, 1.82) is 0 Å². The normalized spacial score (nSPS) is 12.6. The monoisotopic (exact) mass is 631 g/mol. The quantitative estimate of drug-likeness (QED) is 0.226. The summed E-state index contributed by atoms with van der Waals surface area (Å²) >= 11 is 0. The van der Waals surface area contributed by atoms with Gasteiger partial charge in [0.2, 0.25) is 22.7 Å². The van der Waals surface area contributed by atoms with Gasteiger partial charge in [0.05, 0.1) is 23.1 Å². The number of carbonyl (C=O) groups is 1. The zero-order valence-electron chi connectivity index (χ0n) is 24.0. The van der Waals surface area contributed by atoms with Gasteiger partial charge in [-0.05, 0) is 60.2 Å². The molecule has 0 saturated heterocycles. The van der Waals surface area contributed by atoms with E-state index in [1.54, 1.807) is 24.3 Å². The number of ether oxygens (including phenoxy) is 2. The lowest BCUT2D eigenvalue weighted by Gasteiger charge is -2.21. The second kappa shape index (κ2) is 10.3. The number of anilines is 1. The largest absolute Gasteiger partial charge is 0.455 e. The molecule has 1 amide bonds. The summed E-state index contributed by atoms with van der Waals surface area (Å²) in [5.41, 5.74) is 2.50. The summed E-state index contributed by atoms with van der Waals surface area (Å²) in [6.45, 7) is -0.0981. The van der Waals surface area contributed by atoms with Gasteiger partial charge >= 0.3 is 0 Å². The van der Waals surface area contributed by atoms with Crippen LogP contribution in [0.2, 0.25) is 0 Å². The molecule has 3 heterocycles. The Bertz CT molecular complexity index is 2280. The second-order valence-electron chi connectivity index (χ2n) is 10.4. The molecule has 0 unspecified atom stereocenters. The number of sulfonamides is 1. The summed E-state index contributed by atoms with van der Waals surface area (Å²) in [4.78, 5) is 17.6. The van der Waals surface area contributed by atoms with Gasteiger partial charge in [0.25, 0.3) is 5.91 Å². The molecule has 10 nitrogen and oxygen atoms in total. The van der Waals surface area contributed by atoms with Gasteiger partial charge in [0, 0.05) is 36.7 Å². The highest BCUT2D eigenvalue weighted by Crippen LogP contribution is 2.48. The molecular formula is C32H23F2N3O7S. The Morgan fingerprint density at radius 3 is 2.42 bits per heavy atom. The highest BCUT2D eigenvalue weighted by molar-refractivity contribution is 7.92. The number of hydrogen-bond donors (Lipinski definition) is 1. The summed E-state index contributed by atoms with van der Waals surface area (Å²) in [5, 5.41) is 2.99. The van der Waals surface area contributed by atoms with E-state index in [-0.39, 0.29) is 46.4 Å². The third-order valence-corrected chi connectivity index (χ3v) is 8.78. The number of carbonyl (C=O) groups excluding carboxylic acids is 1. The van der Waals surface area contributed by atoms with Crippen LogP contribution in [0.1, 0.15) is 10.4 Å². The van der Waals surface area contributed by atoms with Crippen LogP contribution in [0.5, 0.6) is 11.5 Å². The topological polar surface area (TPSA) is 124 Å². The first-order chi connectivity index (χ1) is 21.5. The number of nitrogens with zero attached hydrogens (tertiary/aromatic N) is 2. The fourth-order valence-corrected chi connectivity index (χ4v) is 5.82. The molecule has 1 aliphatic rings. The number of rotatable bonds is 6. The van der Waals surface area contributed by atoms with Crippen LogP contribution in [0.15, 0.2) is 75.6 Å². The third kappa shape index (κ3) is 4.72. The Labute approximate surface area is 254 Å². The van der Waals surface area contributed by atoms with Crippen molar-refractivity contribution in [2.75, 3.05) is 31.4 Å². The highest BCUT2D eigenvalue weighted by Gasteiger charge is 2.29.